The Hall–Kier alpha value is -1.30. The fourth-order valence-electron chi connectivity index (χ4n) is 2.12. The van der Waals surface area contributed by atoms with Crippen LogP contribution in [0.25, 0.3) is 0 Å². The number of guanidine groups is 1. The van der Waals surface area contributed by atoms with Crippen LogP contribution in [0.2, 0.25) is 0 Å². The average Bonchev–Trinajstić information content (AvgIpc) is 2.51. The number of ether oxygens (including phenoxy) is 1. The minimum Gasteiger partial charge on any atom is -0.378 e. The SMILES string of the molecule is CCOC(CCNC(=NC)NCCC(=O)NC(C)CC)C(C)C. The zero-order valence-corrected chi connectivity index (χ0v) is 15.7. The Morgan fingerprint density at radius 3 is 2.30 bits per heavy atom. The van der Waals surface area contributed by atoms with Crippen molar-refractivity contribution in [2.75, 3.05) is 26.7 Å². The summed E-state index contributed by atoms with van der Waals surface area (Å²) in [5, 5.41) is 9.38. The lowest BCUT2D eigenvalue weighted by atomic mass is 10.0. The summed E-state index contributed by atoms with van der Waals surface area (Å²) < 4.78 is 5.73. The molecule has 0 radical (unpaired) electrons. The van der Waals surface area contributed by atoms with Crippen LogP contribution in [0, 0.1) is 5.92 Å². The Kier molecular flexibility index (Phi) is 12.4. The third-order valence-corrected chi connectivity index (χ3v) is 3.73. The molecule has 2 unspecified atom stereocenters. The highest BCUT2D eigenvalue weighted by Gasteiger charge is 2.13. The molecule has 0 saturated heterocycles. The highest BCUT2D eigenvalue weighted by Crippen LogP contribution is 2.09. The van der Waals surface area contributed by atoms with Gasteiger partial charge in [0.25, 0.3) is 0 Å². The van der Waals surface area contributed by atoms with Crippen molar-refractivity contribution in [1.29, 1.82) is 0 Å². The molecule has 0 bridgehead atoms. The van der Waals surface area contributed by atoms with Crippen molar-refractivity contribution >= 4 is 11.9 Å². The monoisotopic (exact) mass is 328 g/mol. The van der Waals surface area contributed by atoms with Crippen molar-refractivity contribution in [2.24, 2.45) is 10.9 Å². The van der Waals surface area contributed by atoms with Crippen molar-refractivity contribution in [2.45, 2.75) is 66.0 Å². The predicted molar refractivity (Wildman–Crippen MR) is 96.7 cm³/mol. The van der Waals surface area contributed by atoms with Crippen molar-refractivity contribution in [3.05, 3.63) is 0 Å². The maximum atomic E-state index is 11.7. The standard InChI is InChI=1S/C17H36N4O2/c1-7-14(5)21-16(22)10-12-20-17(18-6)19-11-9-15(13(3)4)23-8-2/h13-15H,7-12H2,1-6H3,(H,21,22)(H2,18,19,20). The van der Waals surface area contributed by atoms with E-state index in [1.54, 1.807) is 7.05 Å². The van der Waals surface area contributed by atoms with Crippen LogP contribution < -0.4 is 16.0 Å². The van der Waals surface area contributed by atoms with Gasteiger partial charge in [0, 0.05) is 39.2 Å². The summed E-state index contributed by atoms with van der Waals surface area (Å²) in [7, 11) is 1.73. The molecule has 0 aromatic heterocycles. The van der Waals surface area contributed by atoms with Gasteiger partial charge < -0.3 is 20.7 Å². The Morgan fingerprint density at radius 1 is 1.13 bits per heavy atom. The molecule has 0 heterocycles. The molecule has 0 rings (SSSR count). The van der Waals surface area contributed by atoms with E-state index in [1.807, 2.05) is 13.8 Å². The second-order valence-corrected chi connectivity index (χ2v) is 6.08. The first-order valence-corrected chi connectivity index (χ1v) is 8.79. The van der Waals surface area contributed by atoms with Crippen LogP contribution in [-0.4, -0.2) is 50.8 Å². The van der Waals surface area contributed by atoms with Crippen LogP contribution >= 0.6 is 0 Å². The number of hydrogen-bond acceptors (Lipinski definition) is 3. The Morgan fingerprint density at radius 2 is 1.78 bits per heavy atom. The van der Waals surface area contributed by atoms with Crippen molar-refractivity contribution in [1.82, 2.24) is 16.0 Å². The number of hydrogen-bond donors (Lipinski definition) is 3. The molecule has 6 nitrogen and oxygen atoms in total. The molecule has 1 amide bonds. The summed E-state index contributed by atoms with van der Waals surface area (Å²) >= 11 is 0. The molecule has 0 saturated carbocycles. The number of aliphatic imine (C=N–C) groups is 1. The van der Waals surface area contributed by atoms with Gasteiger partial charge in [0.1, 0.15) is 0 Å². The molecule has 0 spiro atoms. The molecule has 0 aliphatic rings. The Balaban J connectivity index is 3.97. The minimum atomic E-state index is 0.0681. The van der Waals surface area contributed by atoms with Gasteiger partial charge in [-0.1, -0.05) is 20.8 Å². The van der Waals surface area contributed by atoms with Gasteiger partial charge in [-0.15, -0.1) is 0 Å². The smallest absolute Gasteiger partial charge is 0.221 e. The van der Waals surface area contributed by atoms with Crippen LogP contribution in [0.15, 0.2) is 4.99 Å². The molecule has 0 aromatic carbocycles. The van der Waals surface area contributed by atoms with Gasteiger partial charge in [0.2, 0.25) is 5.91 Å². The van der Waals surface area contributed by atoms with Crippen molar-refractivity contribution in [3.8, 4) is 0 Å². The zero-order valence-electron chi connectivity index (χ0n) is 15.7. The highest BCUT2D eigenvalue weighted by molar-refractivity contribution is 5.81. The number of carbonyl (C=O) groups excluding carboxylic acids is 1. The Labute approximate surface area is 141 Å². The summed E-state index contributed by atoms with van der Waals surface area (Å²) in [5.41, 5.74) is 0. The molecular formula is C17H36N4O2. The average molecular weight is 329 g/mol. The summed E-state index contributed by atoms with van der Waals surface area (Å²) in [6.07, 6.45) is 2.57. The molecule has 0 fully saturated rings. The van der Waals surface area contributed by atoms with Crippen LogP contribution in [0.1, 0.15) is 53.9 Å². The first kappa shape index (κ1) is 21.7. The maximum absolute atomic E-state index is 11.7. The number of nitrogens with zero attached hydrogens (tertiary/aromatic N) is 1. The zero-order chi connectivity index (χ0) is 17.7. The second kappa shape index (κ2) is 13.2. The second-order valence-electron chi connectivity index (χ2n) is 6.08. The fourth-order valence-corrected chi connectivity index (χ4v) is 2.12. The maximum Gasteiger partial charge on any atom is 0.221 e. The van der Waals surface area contributed by atoms with Gasteiger partial charge >= 0.3 is 0 Å². The number of rotatable bonds is 11. The third-order valence-electron chi connectivity index (χ3n) is 3.73. The predicted octanol–water partition coefficient (Wildman–Crippen LogP) is 1.91. The van der Waals surface area contributed by atoms with Gasteiger partial charge in [-0.3, -0.25) is 9.79 Å². The van der Waals surface area contributed by atoms with Crippen molar-refractivity contribution < 1.29 is 9.53 Å². The molecular weight excluding hydrogens is 292 g/mol. The molecule has 136 valence electrons. The van der Waals surface area contributed by atoms with E-state index in [4.69, 9.17) is 4.74 Å². The quantitative estimate of drug-likeness (QED) is 0.400. The number of carbonyl (C=O) groups is 1. The molecule has 23 heavy (non-hydrogen) atoms. The topological polar surface area (TPSA) is 74.8 Å². The lowest BCUT2D eigenvalue weighted by Crippen LogP contribution is -2.41. The summed E-state index contributed by atoms with van der Waals surface area (Å²) in [6.45, 7) is 12.5. The lowest BCUT2D eigenvalue weighted by Gasteiger charge is -2.21. The molecule has 2 atom stereocenters. The van der Waals surface area contributed by atoms with E-state index >= 15 is 0 Å². The fraction of sp³-hybridized carbons (Fsp3) is 0.882. The third kappa shape index (κ3) is 11.0. The normalized spacial score (nSPS) is 14.5. The number of nitrogens with one attached hydrogen (secondary N) is 3. The van der Waals surface area contributed by atoms with Gasteiger partial charge in [-0.2, -0.15) is 0 Å². The summed E-state index contributed by atoms with van der Waals surface area (Å²) in [5.74, 6) is 1.29. The number of amides is 1. The van der Waals surface area contributed by atoms with E-state index in [1.165, 1.54) is 0 Å². The van der Waals surface area contributed by atoms with Gasteiger partial charge in [0.15, 0.2) is 5.96 Å². The van der Waals surface area contributed by atoms with E-state index in [9.17, 15) is 4.79 Å². The Bertz CT molecular complexity index is 345. The van der Waals surface area contributed by atoms with Crippen LogP contribution in [-0.2, 0) is 9.53 Å². The lowest BCUT2D eigenvalue weighted by molar-refractivity contribution is -0.121. The van der Waals surface area contributed by atoms with Crippen LogP contribution in [0.3, 0.4) is 0 Å². The highest BCUT2D eigenvalue weighted by atomic mass is 16.5. The van der Waals surface area contributed by atoms with E-state index in [2.05, 4.69) is 41.7 Å². The molecule has 0 aliphatic heterocycles. The minimum absolute atomic E-state index is 0.0681. The molecule has 6 heteroatoms. The van der Waals surface area contributed by atoms with Crippen LogP contribution in [0.4, 0.5) is 0 Å². The van der Waals surface area contributed by atoms with E-state index in [-0.39, 0.29) is 18.1 Å². The summed E-state index contributed by atoms with van der Waals surface area (Å²) in [6, 6.07) is 0.228. The summed E-state index contributed by atoms with van der Waals surface area (Å²) in [4.78, 5) is 15.9. The molecule has 3 N–H and O–H groups in total. The molecule has 0 aromatic rings. The molecule has 0 aliphatic carbocycles. The van der Waals surface area contributed by atoms with E-state index < -0.39 is 0 Å². The van der Waals surface area contributed by atoms with Gasteiger partial charge in [-0.05, 0) is 32.6 Å². The van der Waals surface area contributed by atoms with Crippen molar-refractivity contribution in [3.63, 3.8) is 0 Å². The van der Waals surface area contributed by atoms with E-state index in [0.717, 1.165) is 32.0 Å². The largest absolute Gasteiger partial charge is 0.378 e. The van der Waals surface area contributed by atoms with Gasteiger partial charge in [0.05, 0.1) is 6.10 Å². The van der Waals surface area contributed by atoms with Gasteiger partial charge in [-0.25, -0.2) is 0 Å². The van der Waals surface area contributed by atoms with Crippen LogP contribution in [0.5, 0.6) is 0 Å². The first-order chi connectivity index (χ1) is 10.9. The first-order valence-electron chi connectivity index (χ1n) is 8.79. The van der Waals surface area contributed by atoms with E-state index in [0.29, 0.717) is 18.9 Å².